The summed E-state index contributed by atoms with van der Waals surface area (Å²) >= 11 is 0. The van der Waals surface area contributed by atoms with Crippen LogP contribution in [0.25, 0.3) is 0 Å². The lowest BCUT2D eigenvalue weighted by Gasteiger charge is -2.27. The molecule has 1 aromatic carbocycles. The first kappa shape index (κ1) is 14.2. The van der Waals surface area contributed by atoms with Crippen LogP contribution in [-0.2, 0) is 19.1 Å². The van der Waals surface area contributed by atoms with Gasteiger partial charge in [0.15, 0.2) is 6.61 Å². The summed E-state index contributed by atoms with van der Waals surface area (Å²) in [5, 5.41) is 0. The van der Waals surface area contributed by atoms with Crippen LogP contribution in [0.15, 0.2) is 18.2 Å². The molecule has 2 aliphatic rings. The largest absolute Gasteiger partial charge is 0.481 e. The molecule has 0 radical (unpaired) electrons. The van der Waals surface area contributed by atoms with Crippen LogP contribution in [0.1, 0.15) is 0 Å². The molecular weight excluding hydrogens is 292 g/mol. The average Bonchev–Trinajstić information content (AvgIpc) is 2.92. The summed E-state index contributed by atoms with van der Waals surface area (Å²) in [6.07, 6.45) is -1.57. The molecule has 2 amide bonds. The van der Waals surface area contributed by atoms with E-state index in [1.165, 1.54) is 16.9 Å². The third kappa shape index (κ3) is 2.22. The minimum atomic E-state index is -0.946. The predicted molar refractivity (Wildman–Crippen MR) is 75.0 cm³/mol. The van der Waals surface area contributed by atoms with Gasteiger partial charge in [-0.3, -0.25) is 9.69 Å². The van der Waals surface area contributed by atoms with Gasteiger partial charge in [-0.1, -0.05) is 0 Å². The molecule has 0 bridgehead atoms. The second-order valence-corrected chi connectivity index (χ2v) is 4.90. The third-order valence-electron chi connectivity index (χ3n) is 3.62. The van der Waals surface area contributed by atoms with Crippen LogP contribution in [0.3, 0.4) is 0 Å². The molecule has 0 spiro atoms. The number of esters is 1. The highest BCUT2D eigenvalue weighted by molar-refractivity contribution is 5.99. The van der Waals surface area contributed by atoms with E-state index < -0.39 is 18.2 Å². The van der Waals surface area contributed by atoms with Crippen molar-refractivity contribution in [1.29, 1.82) is 0 Å². The van der Waals surface area contributed by atoms with Crippen molar-refractivity contribution < 1.29 is 28.6 Å². The molecule has 22 heavy (non-hydrogen) atoms. The minimum absolute atomic E-state index is 0.0534. The number of fused-ring (bicyclic) bond motifs is 1. The van der Waals surface area contributed by atoms with Crippen molar-refractivity contribution in [2.75, 3.05) is 37.1 Å². The minimum Gasteiger partial charge on any atom is -0.481 e. The molecule has 8 nitrogen and oxygen atoms in total. The third-order valence-corrected chi connectivity index (χ3v) is 3.62. The van der Waals surface area contributed by atoms with Gasteiger partial charge >= 0.3 is 12.1 Å². The van der Waals surface area contributed by atoms with E-state index in [1.807, 2.05) is 0 Å². The summed E-state index contributed by atoms with van der Waals surface area (Å²) < 4.78 is 14.9. The van der Waals surface area contributed by atoms with Gasteiger partial charge in [-0.05, 0) is 12.1 Å². The summed E-state index contributed by atoms with van der Waals surface area (Å²) in [7, 11) is 2.89. The fourth-order valence-electron chi connectivity index (χ4n) is 2.36. The van der Waals surface area contributed by atoms with Gasteiger partial charge in [-0.2, -0.15) is 0 Å². The summed E-state index contributed by atoms with van der Waals surface area (Å²) in [6, 6.07) is 4.98. The number of likely N-dealkylation sites (N-methyl/N-ethyl adjacent to an activating group) is 1. The van der Waals surface area contributed by atoms with Crippen LogP contribution in [0, 0.1) is 0 Å². The summed E-state index contributed by atoms with van der Waals surface area (Å²) in [4.78, 5) is 37.7. The van der Waals surface area contributed by atoms with Gasteiger partial charge in [0.25, 0.3) is 5.91 Å². The Bertz CT molecular complexity index is 659. The van der Waals surface area contributed by atoms with Crippen LogP contribution in [0.2, 0.25) is 0 Å². The highest BCUT2D eigenvalue weighted by atomic mass is 16.6. The Labute approximate surface area is 126 Å². The normalized spacial score (nSPS) is 20.4. The van der Waals surface area contributed by atoms with E-state index in [4.69, 9.17) is 9.47 Å². The lowest BCUT2D eigenvalue weighted by molar-refractivity contribution is -0.148. The van der Waals surface area contributed by atoms with Crippen LogP contribution < -0.4 is 14.5 Å². The van der Waals surface area contributed by atoms with E-state index >= 15 is 0 Å². The van der Waals surface area contributed by atoms with Crippen molar-refractivity contribution in [3.63, 3.8) is 0 Å². The summed E-state index contributed by atoms with van der Waals surface area (Å²) in [5.41, 5.74) is 1.15. The lowest BCUT2D eigenvalue weighted by Crippen LogP contribution is -2.35. The Balaban J connectivity index is 1.86. The zero-order valence-corrected chi connectivity index (χ0v) is 12.1. The number of cyclic esters (lactones) is 1. The SMILES string of the molecule is COC(=O)C1CN(c2ccc3c(c2)OCC(=O)N3C)C(=O)O1. The Morgan fingerprint density at radius 3 is 2.86 bits per heavy atom. The fourth-order valence-corrected chi connectivity index (χ4v) is 2.36. The number of anilines is 2. The molecule has 1 unspecified atom stereocenters. The highest BCUT2D eigenvalue weighted by Crippen LogP contribution is 2.36. The van der Waals surface area contributed by atoms with E-state index in [2.05, 4.69) is 4.74 Å². The van der Waals surface area contributed by atoms with Gasteiger partial charge in [-0.15, -0.1) is 0 Å². The molecule has 2 heterocycles. The number of ether oxygens (including phenoxy) is 3. The van der Waals surface area contributed by atoms with Gasteiger partial charge in [0.1, 0.15) is 5.75 Å². The number of carbonyl (C=O) groups excluding carboxylic acids is 3. The first-order valence-corrected chi connectivity index (χ1v) is 6.60. The first-order valence-electron chi connectivity index (χ1n) is 6.60. The number of hydrogen-bond acceptors (Lipinski definition) is 6. The van der Waals surface area contributed by atoms with Crippen LogP contribution in [0.5, 0.6) is 5.75 Å². The van der Waals surface area contributed by atoms with Crippen LogP contribution >= 0.6 is 0 Å². The molecule has 0 aromatic heterocycles. The maximum Gasteiger partial charge on any atom is 0.415 e. The van der Waals surface area contributed by atoms with Crippen LogP contribution in [0.4, 0.5) is 16.2 Å². The maximum atomic E-state index is 11.9. The van der Waals surface area contributed by atoms with E-state index in [-0.39, 0.29) is 19.1 Å². The number of carbonyl (C=O) groups is 3. The van der Waals surface area contributed by atoms with Crippen molar-refractivity contribution in [2.24, 2.45) is 0 Å². The average molecular weight is 306 g/mol. The van der Waals surface area contributed by atoms with Crippen molar-refractivity contribution >= 4 is 29.3 Å². The number of amides is 2. The topological polar surface area (TPSA) is 85.4 Å². The van der Waals surface area contributed by atoms with Gasteiger partial charge in [0.05, 0.1) is 25.0 Å². The maximum absolute atomic E-state index is 11.9. The Morgan fingerprint density at radius 2 is 2.14 bits per heavy atom. The predicted octanol–water partition coefficient (Wildman–Crippen LogP) is 0.540. The number of nitrogens with zero attached hydrogens (tertiary/aromatic N) is 2. The van der Waals surface area contributed by atoms with E-state index in [0.29, 0.717) is 17.1 Å². The Kier molecular flexibility index (Phi) is 3.36. The fraction of sp³-hybridized carbons (Fsp3) is 0.357. The molecule has 3 rings (SSSR count). The smallest absolute Gasteiger partial charge is 0.415 e. The van der Waals surface area contributed by atoms with E-state index in [0.717, 1.165) is 0 Å². The van der Waals surface area contributed by atoms with Crippen molar-refractivity contribution in [3.05, 3.63) is 18.2 Å². The zero-order chi connectivity index (χ0) is 15.9. The summed E-state index contributed by atoms with van der Waals surface area (Å²) in [6.45, 7) is 0.0151. The van der Waals surface area contributed by atoms with Gasteiger partial charge in [0, 0.05) is 13.1 Å². The molecule has 116 valence electrons. The molecule has 8 heteroatoms. The number of methoxy groups -OCH3 is 1. The molecule has 1 fully saturated rings. The molecule has 0 N–H and O–H groups in total. The standard InChI is InChI=1S/C14H14N2O6/c1-15-9-4-3-8(5-10(9)21-7-12(15)17)16-6-11(13(18)20-2)22-14(16)19/h3-5,11H,6-7H2,1-2H3. The first-order chi connectivity index (χ1) is 10.5. The Morgan fingerprint density at radius 1 is 1.36 bits per heavy atom. The number of benzene rings is 1. The molecule has 1 aromatic rings. The highest BCUT2D eigenvalue weighted by Gasteiger charge is 2.38. The molecule has 2 aliphatic heterocycles. The van der Waals surface area contributed by atoms with Crippen molar-refractivity contribution in [3.8, 4) is 5.75 Å². The second kappa shape index (κ2) is 5.21. The van der Waals surface area contributed by atoms with Crippen LogP contribution in [-0.4, -0.2) is 51.4 Å². The molecule has 0 saturated carbocycles. The number of rotatable bonds is 2. The van der Waals surface area contributed by atoms with Crippen molar-refractivity contribution in [2.45, 2.75) is 6.10 Å². The Hall–Kier alpha value is -2.77. The lowest BCUT2D eigenvalue weighted by atomic mass is 10.2. The number of hydrogen-bond donors (Lipinski definition) is 0. The zero-order valence-electron chi connectivity index (χ0n) is 12.1. The van der Waals surface area contributed by atoms with Gasteiger partial charge in [0.2, 0.25) is 6.10 Å². The van der Waals surface area contributed by atoms with Crippen molar-refractivity contribution in [1.82, 2.24) is 0 Å². The van der Waals surface area contributed by atoms with E-state index in [1.54, 1.807) is 25.2 Å². The monoisotopic (exact) mass is 306 g/mol. The molecule has 1 saturated heterocycles. The van der Waals surface area contributed by atoms with Gasteiger partial charge in [-0.25, -0.2) is 9.59 Å². The molecular formula is C14H14N2O6. The second-order valence-electron chi connectivity index (χ2n) is 4.90. The van der Waals surface area contributed by atoms with Gasteiger partial charge < -0.3 is 19.1 Å². The summed E-state index contributed by atoms with van der Waals surface area (Å²) in [5.74, 6) is -0.254. The molecule has 1 atom stereocenters. The van der Waals surface area contributed by atoms with E-state index in [9.17, 15) is 14.4 Å². The quantitative estimate of drug-likeness (QED) is 0.741. The molecule has 0 aliphatic carbocycles.